The number of carbonyl (C=O) groups is 2. The van der Waals surface area contributed by atoms with E-state index in [-0.39, 0.29) is 18.9 Å². The molecule has 90 valence electrons. The maximum atomic E-state index is 11.7. The van der Waals surface area contributed by atoms with Crippen molar-refractivity contribution in [3.05, 3.63) is 20.9 Å². The predicted octanol–water partition coefficient (Wildman–Crippen LogP) is 1.18. The van der Waals surface area contributed by atoms with E-state index >= 15 is 0 Å². The van der Waals surface area contributed by atoms with Crippen molar-refractivity contribution in [3.8, 4) is 0 Å². The molecule has 0 spiro atoms. The van der Waals surface area contributed by atoms with E-state index in [0.717, 1.165) is 3.57 Å². The Kier molecular flexibility index (Phi) is 3.53. The molecule has 1 aliphatic rings. The van der Waals surface area contributed by atoms with Gasteiger partial charge in [-0.15, -0.1) is 0 Å². The maximum Gasteiger partial charge on any atom is 0.229 e. The molecule has 2 rings (SSSR count). The number of hydrogen-bond donors (Lipinski definition) is 1. The number of nitrogens with zero attached hydrogens (tertiary/aromatic N) is 2. The molecule has 0 aromatic carbocycles. The third-order valence-corrected chi connectivity index (χ3v) is 4.09. The average Bonchev–Trinajstić information content (AvgIpc) is 2.65. The molecule has 0 aliphatic carbocycles. The second kappa shape index (κ2) is 4.77. The zero-order valence-electron chi connectivity index (χ0n) is 8.69. The summed E-state index contributed by atoms with van der Waals surface area (Å²) in [4.78, 5) is 28.3. The Balaban J connectivity index is 2.26. The first-order chi connectivity index (χ1) is 7.99. The highest BCUT2D eigenvalue weighted by atomic mass is 127. The van der Waals surface area contributed by atoms with Crippen LogP contribution in [0.5, 0.6) is 0 Å². The van der Waals surface area contributed by atoms with Crippen LogP contribution in [0.4, 0.5) is 5.82 Å². The highest BCUT2D eigenvalue weighted by molar-refractivity contribution is 14.1. The molecule has 1 saturated heterocycles. The summed E-state index contributed by atoms with van der Waals surface area (Å²) in [6, 6.07) is 1.62. The van der Waals surface area contributed by atoms with E-state index in [4.69, 9.17) is 17.3 Å². The fourth-order valence-corrected chi connectivity index (χ4v) is 2.11. The summed E-state index contributed by atoms with van der Waals surface area (Å²) in [5, 5.41) is 0.533. The summed E-state index contributed by atoms with van der Waals surface area (Å²) in [5.74, 6) is -0.595. The minimum atomic E-state index is -0.461. The Labute approximate surface area is 116 Å². The van der Waals surface area contributed by atoms with Gasteiger partial charge in [-0.25, -0.2) is 4.98 Å². The van der Waals surface area contributed by atoms with Gasteiger partial charge >= 0.3 is 0 Å². The summed E-state index contributed by atoms with van der Waals surface area (Å²) in [6.45, 7) is 0.276. The molecule has 1 atom stereocenters. The second-order valence-electron chi connectivity index (χ2n) is 3.76. The molecule has 1 aliphatic heterocycles. The number of hydrogen-bond acceptors (Lipinski definition) is 3. The number of halogens is 2. The molecule has 2 N–H and O–H groups in total. The molecule has 2 amide bonds. The Morgan fingerprint density at radius 3 is 2.88 bits per heavy atom. The van der Waals surface area contributed by atoms with Crippen LogP contribution in [0.1, 0.15) is 6.42 Å². The van der Waals surface area contributed by atoms with E-state index in [9.17, 15) is 9.59 Å². The van der Waals surface area contributed by atoms with Gasteiger partial charge in [0.05, 0.1) is 14.5 Å². The quantitative estimate of drug-likeness (QED) is 0.800. The first-order valence-corrected chi connectivity index (χ1v) is 6.35. The fourth-order valence-electron chi connectivity index (χ4n) is 1.67. The van der Waals surface area contributed by atoms with Crippen molar-refractivity contribution in [3.63, 3.8) is 0 Å². The Bertz CT molecular complexity index is 494. The lowest BCUT2D eigenvalue weighted by Crippen LogP contribution is -2.29. The number of aromatic nitrogens is 1. The van der Waals surface area contributed by atoms with Crippen LogP contribution in [-0.4, -0.2) is 23.3 Å². The summed E-state index contributed by atoms with van der Waals surface area (Å²) >= 11 is 8.01. The molecule has 1 aromatic heterocycles. The van der Waals surface area contributed by atoms with Gasteiger partial charge in [0.1, 0.15) is 5.82 Å². The van der Waals surface area contributed by atoms with Gasteiger partial charge in [0.25, 0.3) is 0 Å². The molecule has 1 unspecified atom stereocenters. The zero-order valence-corrected chi connectivity index (χ0v) is 11.6. The third-order valence-electron chi connectivity index (χ3n) is 2.60. The largest absolute Gasteiger partial charge is 0.369 e. The van der Waals surface area contributed by atoms with Crippen molar-refractivity contribution in [2.24, 2.45) is 11.7 Å². The molecule has 7 heteroatoms. The van der Waals surface area contributed by atoms with Gasteiger partial charge < -0.3 is 5.73 Å². The van der Waals surface area contributed by atoms with E-state index in [0.29, 0.717) is 10.8 Å². The highest BCUT2D eigenvalue weighted by Gasteiger charge is 2.34. The lowest BCUT2D eigenvalue weighted by atomic mass is 10.1. The van der Waals surface area contributed by atoms with Crippen molar-refractivity contribution in [1.29, 1.82) is 0 Å². The van der Waals surface area contributed by atoms with E-state index < -0.39 is 11.8 Å². The molecular weight excluding hydrogens is 356 g/mol. The van der Waals surface area contributed by atoms with E-state index in [1.807, 2.05) is 0 Å². The van der Waals surface area contributed by atoms with Crippen LogP contribution in [0.25, 0.3) is 0 Å². The number of anilines is 1. The minimum Gasteiger partial charge on any atom is -0.369 e. The summed E-state index contributed by atoms with van der Waals surface area (Å²) < 4.78 is 0.811. The van der Waals surface area contributed by atoms with Crippen molar-refractivity contribution in [2.45, 2.75) is 6.42 Å². The van der Waals surface area contributed by atoms with Crippen LogP contribution >= 0.6 is 34.2 Å². The molecular formula is C10H9ClIN3O2. The normalized spacial score (nSPS) is 19.8. The van der Waals surface area contributed by atoms with Crippen molar-refractivity contribution in [2.75, 3.05) is 11.4 Å². The zero-order chi connectivity index (χ0) is 12.6. The number of rotatable bonds is 2. The molecule has 0 saturated carbocycles. The first-order valence-electron chi connectivity index (χ1n) is 4.89. The molecule has 17 heavy (non-hydrogen) atoms. The third kappa shape index (κ3) is 2.52. The average molecular weight is 366 g/mol. The van der Waals surface area contributed by atoms with Crippen LogP contribution < -0.4 is 10.6 Å². The van der Waals surface area contributed by atoms with Crippen molar-refractivity contribution < 1.29 is 9.59 Å². The van der Waals surface area contributed by atoms with Crippen molar-refractivity contribution >= 4 is 51.8 Å². The van der Waals surface area contributed by atoms with Crippen LogP contribution in [0.2, 0.25) is 5.02 Å². The fraction of sp³-hybridized carbons (Fsp3) is 0.300. The van der Waals surface area contributed by atoms with E-state index in [2.05, 4.69) is 27.6 Å². The molecule has 0 bridgehead atoms. The monoisotopic (exact) mass is 365 g/mol. The topological polar surface area (TPSA) is 76.3 Å². The van der Waals surface area contributed by atoms with Gasteiger partial charge in [0.2, 0.25) is 11.8 Å². The van der Waals surface area contributed by atoms with E-state index in [1.54, 1.807) is 12.3 Å². The van der Waals surface area contributed by atoms with Crippen molar-refractivity contribution in [1.82, 2.24) is 4.98 Å². The highest BCUT2D eigenvalue weighted by Crippen LogP contribution is 2.27. The van der Waals surface area contributed by atoms with Gasteiger partial charge in [-0.3, -0.25) is 14.5 Å². The van der Waals surface area contributed by atoms with E-state index in [1.165, 1.54) is 4.90 Å². The molecule has 0 radical (unpaired) electrons. The molecule has 1 fully saturated rings. The van der Waals surface area contributed by atoms with Crippen LogP contribution in [-0.2, 0) is 9.59 Å². The van der Waals surface area contributed by atoms with Crippen LogP contribution in [0, 0.1) is 9.49 Å². The lowest BCUT2D eigenvalue weighted by molar-refractivity contribution is -0.123. The minimum absolute atomic E-state index is 0.140. The maximum absolute atomic E-state index is 11.7. The van der Waals surface area contributed by atoms with Gasteiger partial charge in [-0.05, 0) is 22.6 Å². The smallest absolute Gasteiger partial charge is 0.229 e. The van der Waals surface area contributed by atoms with Crippen LogP contribution in [0.15, 0.2) is 12.3 Å². The number of carbonyl (C=O) groups excluding carboxylic acids is 2. The van der Waals surface area contributed by atoms with Crippen LogP contribution in [0.3, 0.4) is 0 Å². The first kappa shape index (κ1) is 12.6. The SMILES string of the molecule is NC(=O)C1CC(=O)N(c2cc(Cl)c(I)cn2)C1. The lowest BCUT2D eigenvalue weighted by Gasteiger charge is -2.15. The molecule has 2 heterocycles. The summed E-state index contributed by atoms with van der Waals surface area (Å²) in [6.07, 6.45) is 1.73. The summed E-state index contributed by atoms with van der Waals surface area (Å²) in [5.41, 5.74) is 5.19. The molecule has 1 aromatic rings. The van der Waals surface area contributed by atoms with Gasteiger partial charge in [-0.2, -0.15) is 0 Å². The van der Waals surface area contributed by atoms with Gasteiger partial charge in [0.15, 0.2) is 0 Å². The summed E-state index contributed by atoms with van der Waals surface area (Å²) in [7, 11) is 0. The standard InChI is InChI=1S/C10H9ClIN3O2/c11-6-2-8(14-3-7(6)12)15-4-5(10(13)17)1-9(15)16/h2-3,5H,1,4H2,(H2,13,17). The Hall–Kier alpha value is -0.890. The Morgan fingerprint density at radius 2 is 2.35 bits per heavy atom. The molecule has 5 nitrogen and oxygen atoms in total. The predicted molar refractivity (Wildman–Crippen MR) is 71.6 cm³/mol. The Morgan fingerprint density at radius 1 is 1.65 bits per heavy atom. The number of amides is 2. The van der Waals surface area contributed by atoms with Gasteiger partial charge in [0, 0.05) is 25.2 Å². The second-order valence-corrected chi connectivity index (χ2v) is 5.33. The number of pyridine rings is 1. The number of primary amides is 1. The number of nitrogens with two attached hydrogens (primary N) is 1. The van der Waals surface area contributed by atoms with Gasteiger partial charge in [-0.1, -0.05) is 11.6 Å².